The van der Waals surface area contributed by atoms with Crippen molar-refractivity contribution in [3.8, 4) is 0 Å². The van der Waals surface area contributed by atoms with Crippen molar-refractivity contribution in [1.29, 1.82) is 0 Å². The zero-order chi connectivity index (χ0) is 14.6. The van der Waals surface area contributed by atoms with Crippen molar-refractivity contribution < 1.29 is 0 Å². The zero-order valence-electron chi connectivity index (χ0n) is 12.6. The van der Waals surface area contributed by atoms with Crippen LogP contribution in [0.3, 0.4) is 0 Å². The normalized spacial score (nSPS) is 12.2. The van der Waals surface area contributed by atoms with E-state index in [4.69, 9.17) is 0 Å². The SMILES string of the molecule is C=C(C)C(C)(C)/C(=C/c1ccccc1)c1ccccc1. The van der Waals surface area contributed by atoms with Gasteiger partial charge in [0.1, 0.15) is 0 Å². The van der Waals surface area contributed by atoms with Crippen LogP contribution < -0.4 is 0 Å². The van der Waals surface area contributed by atoms with Gasteiger partial charge in [-0.05, 0) is 23.6 Å². The van der Waals surface area contributed by atoms with Crippen LogP contribution in [0, 0.1) is 5.41 Å². The van der Waals surface area contributed by atoms with Crippen LogP contribution in [0.25, 0.3) is 11.6 Å². The Morgan fingerprint density at radius 3 is 1.90 bits per heavy atom. The second kappa shape index (κ2) is 5.92. The average Bonchev–Trinajstić information content (AvgIpc) is 2.46. The van der Waals surface area contributed by atoms with Gasteiger partial charge in [-0.1, -0.05) is 92.7 Å². The fraction of sp³-hybridized carbons (Fsp3) is 0.200. The molecule has 0 aliphatic heterocycles. The van der Waals surface area contributed by atoms with E-state index >= 15 is 0 Å². The Kier molecular flexibility index (Phi) is 4.24. The molecular weight excluding hydrogens is 240 g/mol. The Hall–Kier alpha value is -2.08. The molecule has 0 aliphatic carbocycles. The lowest BCUT2D eigenvalue weighted by Crippen LogP contribution is -2.15. The maximum Gasteiger partial charge on any atom is 0.0106 e. The minimum absolute atomic E-state index is 0.0583. The molecule has 0 heterocycles. The fourth-order valence-electron chi connectivity index (χ4n) is 2.19. The van der Waals surface area contributed by atoms with Crippen molar-refractivity contribution in [3.05, 3.63) is 83.9 Å². The summed E-state index contributed by atoms with van der Waals surface area (Å²) in [5, 5.41) is 0. The third-order valence-corrected chi connectivity index (χ3v) is 3.94. The molecule has 0 radical (unpaired) electrons. The highest BCUT2D eigenvalue weighted by molar-refractivity contribution is 5.85. The second-order valence-corrected chi connectivity index (χ2v) is 5.74. The average molecular weight is 262 g/mol. The predicted molar refractivity (Wildman–Crippen MR) is 89.4 cm³/mol. The van der Waals surface area contributed by atoms with Crippen molar-refractivity contribution >= 4 is 11.6 Å². The van der Waals surface area contributed by atoms with E-state index in [1.165, 1.54) is 22.3 Å². The van der Waals surface area contributed by atoms with E-state index in [1.807, 2.05) is 6.07 Å². The largest absolute Gasteiger partial charge is 0.0993 e. The molecule has 0 N–H and O–H groups in total. The minimum Gasteiger partial charge on any atom is -0.0993 e. The van der Waals surface area contributed by atoms with Crippen molar-refractivity contribution in [3.63, 3.8) is 0 Å². The van der Waals surface area contributed by atoms with Gasteiger partial charge in [0.2, 0.25) is 0 Å². The predicted octanol–water partition coefficient (Wildman–Crippen LogP) is 5.83. The summed E-state index contributed by atoms with van der Waals surface area (Å²) in [7, 11) is 0. The summed E-state index contributed by atoms with van der Waals surface area (Å²) in [5.74, 6) is 0. The molecule has 0 saturated heterocycles. The summed E-state index contributed by atoms with van der Waals surface area (Å²) in [6.45, 7) is 10.7. The lowest BCUT2D eigenvalue weighted by molar-refractivity contribution is 0.607. The van der Waals surface area contributed by atoms with Gasteiger partial charge < -0.3 is 0 Å². The van der Waals surface area contributed by atoms with E-state index in [9.17, 15) is 0 Å². The first-order chi connectivity index (χ1) is 9.51. The molecule has 20 heavy (non-hydrogen) atoms. The molecule has 2 aromatic rings. The van der Waals surface area contributed by atoms with E-state index in [0.717, 1.165) is 0 Å². The molecule has 0 aromatic heterocycles. The molecule has 0 fully saturated rings. The van der Waals surface area contributed by atoms with Crippen molar-refractivity contribution in [1.82, 2.24) is 0 Å². The molecule has 102 valence electrons. The second-order valence-electron chi connectivity index (χ2n) is 5.74. The molecule has 0 atom stereocenters. The Bertz CT molecular complexity index is 601. The van der Waals surface area contributed by atoms with Crippen molar-refractivity contribution in [2.24, 2.45) is 5.41 Å². The van der Waals surface area contributed by atoms with E-state index in [2.05, 4.69) is 88.0 Å². The zero-order valence-corrected chi connectivity index (χ0v) is 12.6. The van der Waals surface area contributed by atoms with E-state index in [1.54, 1.807) is 0 Å². The number of allylic oxidation sites excluding steroid dienone is 2. The van der Waals surface area contributed by atoms with Gasteiger partial charge in [0.25, 0.3) is 0 Å². The summed E-state index contributed by atoms with van der Waals surface area (Å²) in [5.41, 5.74) is 4.89. The van der Waals surface area contributed by atoms with Crippen LogP contribution in [0.5, 0.6) is 0 Å². The van der Waals surface area contributed by atoms with Crippen LogP contribution in [-0.4, -0.2) is 0 Å². The Morgan fingerprint density at radius 2 is 1.40 bits per heavy atom. The number of hydrogen-bond acceptors (Lipinski definition) is 0. The molecule has 2 rings (SSSR count). The van der Waals surface area contributed by atoms with Crippen molar-refractivity contribution in [2.45, 2.75) is 20.8 Å². The molecule has 0 unspecified atom stereocenters. The van der Waals surface area contributed by atoms with E-state index in [-0.39, 0.29) is 5.41 Å². The molecule has 0 nitrogen and oxygen atoms in total. The number of hydrogen-bond donors (Lipinski definition) is 0. The molecule has 0 spiro atoms. The van der Waals surface area contributed by atoms with Gasteiger partial charge in [0.05, 0.1) is 0 Å². The van der Waals surface area contributed by atoms with Crippen LogP contribution in [0.1, 0.15) is 31.9 Å². The van der Waals surface area contributed by atoms with Crippen LogP contribution in [0.15, 0.2) is 72.8 Å². The summed E-state index contributed by atoms with van der Waals surface area (Å²) in [6, 6.07) is 21.0. The quantitative estimate of drug-likeness (QED) is 0.480. The summed E-state index contributed by atoms with van der Waals surface area (Å²) in [4.78, 5) is 0. The van der Waals surface area contributed by atoms with Crippen LogP contribution in [0.4, 0.5) is 0 Å². The molecular formula is C20H22. The fourth-order valence-corrected chi connectivity index (χ4v) is 2.19. The highest BCUT2D eigenvalue weighted by Gasteiger charge is 2.25. The van der Waals surface area contributed by atoms with Crippen molar-refractivity contribution in [2.75, 3.05) is 0 Å². The lowest BCUT2D eigenvalue weighted by atomic mass is 9.75. The maximum atomic E-state index is 4.17. The monoisotopic (exact) mass is 262 g/mol. The first-order valence-corrected chi connectivity index (χ1v) is 7.00. The highest BCUT2D eigenvalue weighted by Crippen LogP contribution is 2.41. The van der Waals surface area contributed by atoms with Gasteiger partial charge in [0, 0.05) is 5.41 Å². The molecule has 0 bridgehead atoms. The molecule has 0 heteroatoms. The van der Waals surface area contributed by atoms with Gasteiger partial charge in [-0.15, -0.1) is 0 Å². The van der Waals surface area contributed by atoms with Gasteiger partial charge in [-0.3, -0.25) is 0 Å². The van der Waals surface area contributed by atoms with Crippen LogP contribution in [0.2, 0.25) is 0 Å². The summed E-state index contributed by atoms with van der Waals surface area (Å²) < 4.78 is 0. The van der Waals surface area contributed by atoms with Crippen LogP contribution in [-0.2, 0) is 0 Å². The minimum atomic E-state index is -0.0583. The molecule has 0 amide bonds. The van der Waals surface area contributed by atoms with Gasteiger partial charge in [-0.25, -0.2) is 0 Å². The Labute approximate surface area is 122 Å². The van der Waals surface area contributed by atoms with E-state index in [0.29, 0.717) is 0 Å². The lowest BCUT2D eigenvalue weighted by Gasteiger charge is -2.29. The highest BCUT2D eigenvalue weighted by atomic mass is 14.3. The topological polar surface area (TPSA) is 0 Å². The van der Waals surface area contributed by atoms with Gasteiger partial charge >= 0.3 is 0 Å². The molecule has 0 saturated carbocycles. The third-order valence-electron chi connectivity index (χ3n) is 3.94. The first-order valence-electron chi connectivity index (χ1n) is 7.00. The van der Waals surface area contributed by atoms with E-state index < -0.39 is 0 Å². The third kappa shape index (κ3) is 3.08. The van der Waals surface area contributed by atoms with Gasteiger partial charge in [0.15, 0.2) is 0 Å². The number of benzene rings is 2. The number of rotatable bonds is 4. The van der Waals surface area contributed by atoms with Crippen LogP contribution >= 0.6 is 0 Å². The first kappa shape index (κ1) is 14.3. The molecule has 0 aliphatic rings. The maximum absolute atomic E-state index is 4.17. The van der Waals surface area contributed by atoms with Gasteiger partial charge in [-0.2, -0.15) is 0 Å². The summed E-state index contributed by atoms with van der Waals surface area (Å²) in [6.07, 6.45) is 2.27. The molecule has 2 aromatic carbocycles. The summed E-state index contributed by atoms with van der Waals surface area (Å²) >= 11 is 0. The Morgan fingerprint density at radius 1 is 0.900 bits per heavy atom. The smallest absolute Gasteiger partial charge is 0.0106 e. The Balaban J connectivity index is 2.57. The standard InChI is InChI=1S/C20H22/c1-16(2)20(3,4)19(18-13-9-6-10-14-18)15-17-11-7-5-8-12-17/h5-15H,1H2,2-4H3/b19-15+.